The number of anilines is 2. The van der Waals surface area contributed by atoms with E-state index in [9.17, 15) is 14.9 Å². The van der Waals surface area contributed by atoms with Gasteiger partial charge in [0.2, 0.25) is 5.91 Å². The summed E-state index contributed by atoms with van der Waals surface area (Å²) in [6.45, 7) is 1.97. The van der Waals surface area contributed by atoms with Crippen LogP contribution in [0.25, 0.3) is 6.08 Å². The molecule has 134 valence electrons. The summed E-state index contributed by atoms with van der Waals surface area (Å²) < 4.78 is 0. The van der Waals surface area contributed by atoms with Crippen LogP contribution in [0.5, 0.6) is 0 Å². The van der Waals surface area contributed by atoms with Crippen LogP contribution in [0.15, 0.2) is 48.5 Å². The quantitative estimate of drug-likeness (QED) is 0.477. The zero-order valence-electron chi connectivity index (χ0n) is 14.0. The zero-order chi connectivity index (χ0) is 18.5. The van der Waals surface area contributed by atoms with Crippen LogP contribution in [-0.2, 0) is 4.79 Å². The first-order valence-corrected chi connectivity index (χ1v) is 8.69. The first kappa shape index (κ1) is 17.9. The molecule has 2 aromatic carbocycles. The smallest absolute Gasteiger partial charge is 0.288 e. The highest BCUT2D eigenvalue weighted by Crippen LogP contribution is 2.29. The molecule has 0 saturated carbocycles. The maximum Gasteiger partial charge on any atom is 0.288 e. The van der Waals surface area contributed by atoms with Crippen LogP contribution in [0.4, 0.5) is 17.1 Å². The van der Waals surface area contributed by atoms with E-state index in [0.717, 1.165) is 37.3 Å². The minimum Gasteiger partial charge on any atom is -0.370 e. The van der Waals surface area contributed by atoms with Gasteiger partial charge in [-0.1, -0.05) is 29.8 Å². The first-order valence-electron chi connectivity index (χ1n) is 8.31. The van der Waals surface area contributed by atoms with E-state index in [1.807, 2.05) is 24.3 Å². The van der Waals surface area contributed by atoms with Crippen molar-refractivity contribution in [3.63, 3.8) is 0 Å². The molecule has 0 atom stereocenters. The number of para-hydroxylation sites is 2. The van der Waals surface area contributed by atoms with Gasteiger partial charge in [0.15, 0.2) is 0 Å². The third kappa shape index (κ3) is 4.21. The van der Waals surface area contributed by atoms with Gasteiger partial charge in [-0.15, -0.1) is 0 Å². The number of halogens is 1. The van der Waals surface area contributed by atoms with E-state index in [4.69, 9.17) is 11.6 Å². The van der Waals surface area contributed by atoms with Gasteiger partial charge in [0.05, 0.1) is 16.3 Å². The summed E-state index contributed by atoms with van der Waals surface area (Å²) in [6, 6.07) is 12.1. The Morgan fingerprint density at radius 3 is 2.65 bits per heavy atom. The molecule has 1 aliphatic rings. The van der Waals surface area contributed by atoms with Crippen LogP contribution in [0, 0.1) is 10.1 Å². The van der Waals surface area contributed by atoms with Crippen LogP contribution in [-0.4, -0.2) is 23.9 Å². The van der Waals surface area contributed by atoms with Crippen molar-refractivity contribution in [1.82, 2.24) is 0 Å². The van der Waals surface area contributed by atoms with Crippen molar-refractivity contribution in [3.05, 3.63) is 69.2 Å². The van der Waals surface area contributed by atoms with E-state index in [2.05, 4.69) is 10.2 Å². The molecule has 0 bridgehead atoms. The van der Waals surface area contributed by atoms with Crippen molar-refractivity contribution in [2.24, 2.45) is 0 Å². The molecule has 1 saturated heterocycles. The number of carbonyl (C=O) groups excluding carboxylic acids is 1. The lowest BCUT2D eigenvalue weighted by Crippen LogP contribution is -2.20. The number of hydrogen-bond acceptors (Lipinski definition) is 4. The van der Waals surface area contributed by atoms with Crippen molar-refractivity contribution in [1.29, 1.82) is 0 Å². The minimum atomic E-state index is -0.550. The summed E-state index contributed by atoms with van der Waals surface area (Å²) in [5.74, 6) is -0.297. The maximum atomic E-state index is 12.3. The standard InChI is InChI=1S/C19H18ClN3O3/c20-15-9-7-14(13-18(15)23(25)26)8-10-19(24)21-16-5-1-2-6-17(16)22-11-3-4-12-22/h1-2,5-10,13H,3-4,11-12H2,(H,21,24)/b10-8+. The molecule has 1 aliphatic heterocycles. The van der Waals surface area contributed by atoms with E-state index in [0.29, 0.717) is 5.56 Å². The molecule has 7 heteroatoms. The lowest BCUT2D eigenvalue weighted by Gasteiger charge is -2.21. The molecule has 0 aliphatic carbocycles. The number of nitrogens with one attached hydrogen (secondary N) is 1. The number of rotatable bonds is 5. The summed E-state index contributed by atoms with van der Waals surface area (Å²) in [6.07, 6.45) is 5.18. The molecule has 6 nitrogen and oxygen atoms in total. The monoisotopic (exact) mass is 371 g/mol. The number of nitrogens with zero attached hydrogens (tertiary/aromatic N) is 2. The number of amides is 1. The van der Waals surface area contributed by atoms with Gasteiger partial charge in [0, 0.05) is 25.2 Å². The molecular formula is C19H18ClN3O3. The molecule has 1 amide bonds. The SMILES string of the molecule is O=C(/C=C/c1ccc(Cl)c([N+](=O)[O-])c1)Nc1ccccc1N1CCCC1. The molecule has 0 radical (unpaired) electrons. The van der Waals surface area contributed by atoms with Gasteiger partial charge < -0.3 is 10.2 Å². The Kier molecular flexibility index (Phi) is 5.53. The van der Waals surface area contributed by atoms with Gasteiger partial charge in [-0.2, -0.15) is 0 Å². The number of nitro benzene ring substituents is 1. The van der Waals surface area contributed by atoms with E-state index in [1.165, 1.54) is 24.3 Å². The van der Waals surface area contributed by atoms with E-state index >= 15 is 0 Å². The lowest BCUT2D eigenvalue weighted by molar-refractivity contribution is -0.384. The largest absolute Gasteiger partial charge is 0.370 e. The second kappa shape index (κ2) is 8.01. The molecule has 1 heterocycles. The maximum absolute atomic E-state index is 12.3. The summed E-state index contributed by atoms with van der Waals surface area (Å²) in [7, 11) is 0. The average Bonchev–Trinajstić information content (AvgIpc) is 3.15. The fraction of sp³-hybridized carbons (Fsp3) is 0.211. The molecule has 0 unspecified atom stereocenters. The Labute approximate surface area is 156 Å². The van der Waals surface area contributed by atoms with Crippen molar-refractivity contribution >= 4 is 40.6 Å². The Bertz CT molecular complexity index is 861. The summed E-state index contributed by atoms with van der Waals surface area (Å²) in [5.41, 5.74) is 2.11. The van der Waals surface area contributed by atoms with Crippen molar-refractivity contribution in [2.45, 2.75) is 12.8 Å². The first-order chi connectivity index (χ1) is 12.5. The average molecular weight is 372 g/mol. The van der Waals surface area contributed by atoms with Crippen molar-refractivity contribution < 1.29 is 9.72 Å². The minimum absolute atomic E-state index is 0.0659. The molecule has 0 aromatic heterocycles. The summed E-state index contributed by atoms with van der Waals surface area (Å²) in [4.78, 5) is 24.9. The predicted molar refractivity (Wildman–Crippen MR) is 104 cm³/mol. The second-order valence-corrected chi connectivity index (χ2v) is 6.41. The van der Waals surface area contributed by atoms with Gasteiger partial charge in [0.25, 0.3) is 5.69 Å². The van der Waals surface area contributed by atoms with E-state index in [-0.39, 0.29) is 16.6 Å². The van der Waals surface area contributed by atoms with Gasteiger partial charge in [-0.05, 0) is 42.7 Å². The van der Waals surface area contributed by atoms with Crippen molar-refractivity contribution in [2.75, 3.05) is 23.3 Å². The summed E-state index contributed by atoms with van der Waals surface area (Å²) >= 11 is 5.79. The number of benzene rings is 2. The molecule has 26 heavy (non-hydrogen) atoms. The van der Waals surface area contributed by atoms with Crippen LogP contribution < -0.4 is 10.2 Å². The highest BCUT2D eigenvalue weighted by atomic mass is 35.5. The molecule has 3 rings (SSSR count). The number of hydrogen-bond donors (Lipinski definition) is 1. The van der Waals surface area contributed by atoms with E-state index in [1.54, 1.807) is 6.07 Å². The molecule has 2 aromatic rings. The van der Waals surface area contributed by atoms with Crippen molar-refractivity contribution in [3.8, 4) is 0 Å². The highest BCUT2D eigenvalue weighted by Gasteiger charge is 2.16. The van der Waals surface area contributed by atoms with Crippen LogP contribution >= 0.6 is 11.6 Å². The van der Waals surface area contributed by atoms with Gasteiger partial charge in [0.1, 0.15) is 5.02 Å². The lowest BCUT2D eigenvalue weighted by atomic mass is 10.2. The van der Waals surface area contributed by atoms with Gasteiger partial charge in [-0.3, -0.25) is 14.9 Å². The molecule has 1 N–H and O–H groups in total. The molecule has 1 fully saturated rings. The topological polar surface area (TPSA) is 75.5 Å². The van der Waals surface area contributed by atoms with Gasteiger partial charge >= 0.3 is 0 Å². The Morgan fingerprint density at radius 2 is 1.92 bits per heavy atom. The normalized spacial score (nSPS) is 14.0. The Balaban J connectivity index is 1.73. The number of carbonyl (C=O) groups is 1. The third-order valence-corrected chi connectivity index (χ3v) is 4.52. The Hall–Kier alpha value is -2.86. The fourth-order valence-electron chi connectivity index (χ4n) is 2.93. The number of nitro groups is 1. The van der Waals surface area contributed by atoms with Crippen LogP contribution in [0.2, 0.25) is 5.02 Å². The third-order valence-electron chi connectivity index (χ3n) is 4.20. The van der Waals surface area contributed by atoms with Crippen LogP contribution in [0.3, 0.4) is 0 Å². The van der Waals surface area contributed by atoms with Gasteiger partial charge in [-0.25, -0.2) is 0 Å². The summed E-state index contributed by atoms with van der Waals surface area (Å²) in [5, 5.41) is 13.9. The molecular weight excluding hydrogens is 354 g/mol. The second-order valence-electron chi connectivity index (χ2n) is 6.00. The highest BCUT2D eigenvalue weighted by molar-refractivity contribution is 6.32. The molecule has 0 spiro atoms. The zero-order valence-corrected chi connectivity index (χ0v) is 14.8. The Morgan fingerprint density at radius 1 is 1.19 bits per heavy atom. The fourth-order valence-corrected chi connectivity index (χ4v) is 3.12. The van der Waals surface area contributed by atoms with E-state index < -0.39 is 4.92 Å². The predicted octanol–water partition coefficient (Wildman–Crippen LogP) is 4.50. The van der Waals surface area contributed by atoms with Crippen LogP contribution in [0.1, 0.15) is 18.4 Å².